The van der Waals surface area contributed by atoms with E-state index >= 15 is 0 Å². The van der Waals surface area contributed by atoms with Crippen molar-refractivity contribution in [3.63, 3.8) is 0 Å². The van der Waals surface area contributed by atoms with Gasteiger partial charge in [0.15, 0.2) is 0 Å². The maximum Gasteiger partial charge on any atom is 0.239 e. The van der Waals surface area contributed by atoms with Crippen molar-refractivity contribution in [2.45, 2.75) is 50.7 Å². The molecule has 2 aliphatic rings. The first-order valence-electron chi connectivity index (χ1n) is 9.46. The van der Waals surface area contributed by atoms with Crippen molar-refractivity contribution in [1.82, 2.24) is 15.2 Å². The minimum absolute atomic E-state index is 0. The van der Waals surface area contributed by atoms with E-state index in [9.17, 15) is 9.59 Å². The lowest BCUT2D eigenvalue weighted by Crippen LogP contribution is -2.39. The second-order valence-corrected chi connectivity index (χ2v) is 7.62. The molecule has 2 aliphatic heterocycles. The van der Waals surface area contributed by atoms with Gasteiger partial charge in [0.25, 0.3) is 0 Å². The number of benzene rings is 1. The van der Waals surface area contributed by atoms with Crippen LogP contribution in [0.25, 0.3) is 10.9 Å². The van der Waals surface area contributed by atoms with Gasteiger partial charge in [-0.2, -0.15) is 0 Å². The summed E-state index contributed by atoms with van der Waals surface area (Å²) in [4.78, 5) is 24.2. The average molecular weight is 391 g/mol. The number of aromatic nitrogens is 1. The highest BCUT2D eigenvalue weighted by Gasteiger charge is 2.34. The Bertz CT molecular complexity index is 822. The van der Waals surface area contributed by atoms with Gasteiger partial charge >= 0.3 is 0 Å². The molecule has 2 fully saturated rings. The van der Waals surface area contributed by atoms with Crippen molar-refractivity contribution in [2.75, 3.05) is 12.4 Å². The first kappa shape index (κ1) is 19.7. The number of piperidine rings is 1. The molecule has 2 aromatic rings. The van der Waals surface area contributed by atoms with E-state index in [-0.39, 0.29) is 30.8 Å². The first-order valence-corrected chi connectivity index (χ1v) is 9.46. The Kier molecular flexibility index (Phi) is 6.07. The molecule has 7 heteroatoms. The van der Waals surface area contributed by atoms with Crippen molar-refractivity contribution in [2.24, 2.45) is 5.92 Å². The minimum atomic E-state index is -0.0440. The highest BCUT2D eigenvalue weighted by molar-refractivity contribution is 5.94. The van der Waals surface area contributed by atoms with E-state index in [1.807, 2.05) is 35.0 Å². The van der Waals surface area contributed by atoms with Crippen LogP contribution in [0.2, 0.25) is 0 Å². The molecule has 2 atom stereocenters. The zero-order valence-corrected chi connectivity index (χ0v) is 16.3. The highest BCUT2D eigenvalue weighted by atomic mass is 35.5. The number of carbonyl (C=O) groups excluding carboxylic acids is 2. The molecule has 0 spiro atoms. The van der Waals surface area contributed by atoms with Crippen molar-refractivity contribution >= 4 is 40.8 Å². The molecule has 2 unspecified atom stereocenters. The number of nitrogens with one attached hydrogen (secondary N) is 3. The number of fused-ring (bicyclic) bond motifs is 3. The molecule has 2 saturated heterocycles. The summed E-state index contributed by atoms with van der Waals surface area (Å²) in [6.07, 6.45) is 7.21. The molecule has 0 aliphatic carbocycles. The van der Waals surface area contributed by atoms with E-state index in [1.54, 1.807) is 7.05 Å². The minimum Gasteiger partial charge on any atom is -0.358 e. The van der Waals surface area contributed by atoms with Crippen LogP contribution in [0.5, 0.6) is 0 Å². The van der Waals surface area contributed by atoms with E-state index < -0.39 is 0 Å². The van der Waals surface area contributed by atoms with Gasteiger partial charge in [-0.15, -0.1) is 12.4 Å². The Morgan fingerprint density at radius 2 is 1.89 bits per heavy atom. The van der Waals surface area contributed by atoms with Crippen molar-refractivity contribution in [3.05, 3.63) is 30.5 Å². The molecule has 4 rings (SSSR count). The number of anilines is 1. The summed E-state index contributed by atoms with van der Waals surface area (Å²) in [7, 11) is 1.63. The van der Waals surface area contributed by atoms with Crippen LogP contribution in [0, 0.1) is 5.92 Å². The molecule has 146 valence electrons. The molecule has 2 amide bonds. The lowest BCUT2D eigenvalue weighted by molar-refractivity contribution is -0.121. The second kappa shape index (κ2) is 8.31. The summed E-state index contributed by atoms with van der Waals surface area (Å²) >= 11 is 0. The van der Waals surface area contributed by atoms with Gasteiger partial charge in [-0.05, 0) is 55.2 Å². The average Bonchev–Trinajstić information content (AvgIpc) is 3.17. The lowest BCUT2D eigenvalue weighted by atomic mass is 9.89. The smallest absolute Gasteiger partial charge is 0.239 e. The topological polar surface area (TPSA) is 75.2 Å². The molecule has 1 aromatic heterocycles. The van der Waals surface area contributed by atoms with Crippen molar-refractivity contribution < 1.29 is 9.59 Å². The molecule has 1 aromatic carbocycles. The number of rotatable bonds is 5. The fraction of sp³-hybridized carbons (Fsp3) is 0.500. The Balaban J connectivity index is 0.00000210. The number of nitrogens with zero attached hydrogens (tertiary/aromatic N) is 1. The zero-order valence-electron chi connectivity index (χ0n) is 15.5. The third-order valence-electron chi connectivity index (χ3n) is 5.70. The van der Waals surface area contributed by atoms with E-state index in [0.29, 0.717) is 24.4 Å². The number of amides is 2. The Morgan fingerprint density at radius 3 is 2.59 bits per heavy atom. The quantitative estimate of drug-likeness (QED) is 0.734. The standard InChI is InChI=1S/C20H26N4O2.ClH/c1-21-20(26)12-24-7-6-14-2-3-17(11-18(14)24)23-19(25)10-13-8-15-4-5-16(9-13)22-15;/h2-3,6-7,11,13,15-16,22H,4-5,8-10,12H2,1H3,(H,21,26)(H,23,25);1H. The predicted molar refractivity (Wildman–Crippen MR) is 109 cm³/mol. The van der Waals surface area contributed by atoms with Crippen LogP contribution >= 0.6 is 12.4 Å². The van der Waals surface area contributed by atoms with Gasteiger partial charge in [0.05, 0.1) is 5.52 Å². The normalized spacial score (nSPS) is 23.7. The van der Waals surface area contributed by atoms with Crippen LogP contribution < -0.4 is 16.0 Å². The van der Waals surface area contributed by atoms with Gasteiger partial charge in [0.2, 0.25) is 11.8 Å². The SMILES string of the molecule is CNC(=O)Cn1ccc2ccc(NC(=O)CC3CC4CCC(C3)N4)cc21.Cl. The Hall–Kier alpha value is -2.05. The predicted octanol–water partition coefficient (Wildman–Crippen LogP) is 2.67. The van der Waals surface area contributed by atoms with Crippen LogP contribution in [-0.4, -0.2) is 35.5 Å². The number of hydrogen-bond acceptors (Lipinski definition) is 3. The number of likely N-dealkylation sites (N-methyl/N-ethyl adjacent to an activating group) is 1. The molecule has 6 nitrogen and oxygen atoms in total. The highest BCUT2D eigenvalue weighted by Crippen LogP contribution is 2.33. The van der Waals surface area contributed by atoms with Crippen molar-refractivity contribution in [3.8, 4) is 0 Å². The third-order valence-corrected chi connectivity index (χ3v) is 5.70. The van der Waals surface area contributed by atoms with Gasteiger partial charge in [-0.25, -0.2) is 0 Å². The fourth-order valence-corrected chi connectivity index (χ4v) is 4.45. The fourth-order valence-electron chi connectivity index (χ4n) is 4.45. The number of halogens is 1. The van der Waals surface area contributed by atoms with E-state index in [0.717, 1.165) is 29.4 Å². The molecule has 2 bridgehead atoms. The second-order valence-electron chi connectivity index (χ2n) is 7.62. The number of hydrogen-bond donors (Lipinski definition) is 3. The molecular formula is C20H27ClN4O2. The summed E-state index contributed by atoms with van der Waals surface area (Å²) in [6.45, 7) is 0.273. The first-order chi connectivity index (χ1) is 12.6. The van der Waals surface area contributed by atoms with Crippen molar-refractivity contribution in [1.29, 1.82) is 0 Å². The lowest BCUT2D eigenvalue weighted by Gasteiger charge is -2.28. The molecule has 0 radical (unpaired) electrons. The van der Waals surface area contributed by atoms with Crippen LogP contribution in [0.4, 0.5) is 5.69 Å². The number of carbonyl (C=O) groups is 2. The van der Waals surface area contributed by atoms with Crippen LogP contribution in [-0.2, 0) is 16.1 Å². The van der Waals surface area contributed by atoms with Gasteiger partial charge in [0.1, 0.15) is 6.54 Å². The monoisotopic (exact) mass is 390 g/mol. The van der Waals surface area contributed by atoms with E-state index in [1.165, 1.54) is 12.8 Å². The Labute approximate surface area is 165 Å². The maximum absolute atomic E-state index is 12.5. The van der Waals surface area contributed by atoms with Gasteiger partial charge in [0, 0.05) is 37.4 Å². The molecule has 27 heavy (non-hydrogen) atoms. The van der Waals surface area contributed by atoms with Crippen LogP contribution in [0.15, 0.2) is 30.5 Å². The summed E-state index contributed by atoms with van der Waals surface area (Å²) in [5, 5.41) is 10.4. The van der Waals surface area contributed by atoms with Crippen LogP contribution in [0.3, 0.4) is 0 Å². The third kappa shape index (κ3) is 4.45. The zero-order chi connectivity index (χ0) is 18.1. The molecular weight excluding hydrogens is 364 g/mol. The Morgan fingerprint density at radius 1 is 1.15 bits per heavy atom. The molecule has 3 heterocycles. The van der Waals surface area contributed by atoms with E-state index in [2.05, 4.69) is 16.0 Å². The largest absolute Gasteiger partial charge is 0.358 e. The maximum atomic E-state index is 12.5. The van der Waals surface area contributed by atoms with Gasteiger partial charge in [-0.3, -0.25) is 9.59 Å². The van der Waals surface area contributed by atoms with Gasteiger partial charge < -0.3 is 20.5 Å². The summed E-state index contributed by atoms with van der Waals surface area (Å²) < 4.78 is 1.90. The molecule has 0 saturated carbocycles. The summed E-state index contributed by atoms with van der Waals surface area (Å²) in [5.41, 5.74) is 1.74. The van der Waals surface area contributed by atoms with E-state index in [4.69, 9.17) is 0 Å². The summed E-state index contributed by atoms with van der Waals surface area (Å²) in [5.74, 6) is 0.520. The summed E-state index contributed by atoms with van der Waals surface area (Å²) in [6, 6.07) is 9.05. The van der Waals surface area contributed by atoms with Gasteiger partial charge in [-0.1, -0.05) is 6.07 Å². The van der Waals surface area contributed by atoms with Crippen LogP contribution in [0.1, 0.15) is 32.1 Å². The molecule has 3 N–H and O–H groups in total.